The lowest BCUT2D eigenvalue weighted by Gasteiger charge is -2.24. The minimum Gasteiger partial charge on any atom is -0.481 e. The maximum atomic E-state index is 12.3. The van der Waals surface area contributed by atoms with Crippen LogP contribution in [0.3, 0.4) is 0 Å². The van der Waals surface area contributed by atoms with Crippen molar-refractivity contribution in [1.82, 2.24) is 5.32 Å². The summed E-state index contributed by atoms with van der Waals surface area (Å²) in [6, 6.07) is 9.83. The fourth-order valence-electron chi connectivity index (χ4n) is 2.30. The van der Waals surface area contributed by atoms with Crippen LogP contribution in [-0.4, -0.2) is 23.5 Å². The van der Waals surface area contributed by atoms with Crippen LogP contribution in [0.25, 0.3) is 0 Å². The van der Waals surface area contributed by atoms with E-state index in [0.717, 1.165) is 12.0 Å². The van der Waals surface area contributed by atoms with Gasteiger partial charge in [-0.05, 0) is 18.4 Å². The molecule has 0 fully saturated rings. The van der Waals surface area contributed by atoms with Crippen LogP contribution in [0, 0.1) is 11.3 Å². The van der Waals surface area contributed by atoms with Crippen LogP contribution >= 0.6 is 0 Å². The van der Waals surface area contributed by atoms with Crippen LogP contribution < -0.4 is 5.32 Å². The maximum Gasteiger partial charge on any atom is 0.308 e. The third-order valence-corrected chi connectivity index (χ3v) is 3.60. The average molecular weight is 291 g/mol. The number of carboxylic acid groups (broad SMARTS) is 1. The van der Waals surface area contributed by atoms with Crippen molar-refractivity contribution in [3.63, 3.8) is 0 Å². The Hall–Kier alpha value is -1.84. The molecule has 4 nitrogen and oxygen atoms in total. The van der Waals surface area contributed by atoms with Crippen LogP contribution in [0.2, 0.25) is 0 Å². The molecular formula is C17H25NO3. The summed E-state index contributed by atoms with van der Waals surface area (Å²) >= 11 is 0. The second-order valence-corrected chi connectivity index (χ2v) is 6.08. The van der Waals surface area contributed by atoms with E-state index in [0.29, 0.717) is 12.8 Å². The zero-order valence-electron chi connectivity index (χ0n) is 13.1. The Morgan fingerprint density at radius 1 is 1.24 bits per heavy atom. The zero-order valence-corrected chi connectivity index (χ0v) is 13.1. The quantitative estimate of drug-likeness (QED) is 0.774. The summed E-state index contributed by atoms with van der Waals surface area (Å²) in [5.74, 6) is -1.46. The Bertz CT molecular complexity index is 468. The van der Waals surface area contributed by atoms with Crippen molar-refractivity contribution in [2.45, 2.75) is 40.0 Å². The molecule has 21 heavy (non-hydrogen) atoms. The highest BCUT2D eigenvalue weighted by Gasteiger charge is 2.29. The molecule has 0 spiro atoms. The number of carbonyl (C=O) groups excluding carboxylic acids is 1. The highest BCUT2D eigenvalue weighted by molar-refractivity contribution is 5.82. The molecule has 1 atom stereocenters. The first-order valence-electron chi connectivity index (χ1n) is 7.42. The summed E-state index contributed by atoms with van der Waals surface area (Å²) < 4.78 is 0. The average Bonchev–Trinajstić information content (AvgIpc) is 2.43. The third kappa shape index (κ3) is 5.58. The number of nitrogens with one attached hydrogen (secondary N) is 1. The van der Waals surface area contributed by atoms with Gasteiger partial charge in [0.05, 0.1) is 5.92 Å². The third-order valence-electron chi connectivity index (χ3n) is 3.60. The van der Waals surface area contributed by atoms with Gasteiger partial charge in [0.1, 0.15) is 0 Å². The van der Waals surface area contributed by atoms with Crippen LogP contribution in [0.5, 0.6) is 0 Å². The van der Waals surface area contributed by atoms with Gasteiger partial charge in [-0.3, -0.25) is 9.59 Å². The van der Waals surface area contributed by atoms with Gasteiger partial charge in [-0.2, -0.15) is 0 Å². The fourth-order valence-corrected chi connectivity index (χ4v) is 2.30. The number of amides is 1. The number of hydrogen-bond acceptors (Lipinski definition) is 2. The van der Waals surface area contributed by atoms with Crippen molar-refractivity contribution < 1.29 is 14.7 Å². The van der Waals surface area contributed by atoms with Gasteiger partial charge in [0, 0.05) is 12.0 Å². The highest BCUT2D eigenvalue weighted by Crippen LogP contribution is 2.22. The number of benzene rings is 1. The molecule has 0 radical (unpaired) electrons. The minimum absolute atomic E-state index is 0.103. The number of hydrogen-bond donors (Lipinski definition) is 2. The first-order chi connectivity index (χ1) is 9.86. The highest BCUT2D eigenvalue weighted by atomic mass is 16.4. The van der Waals surface area contributed by atoms with E-state index in [4.69, 9.17) is 5.11 Å². The van der Waals surface area contributed by atoms with E-state index in [1.807, 2.05) is 51.1 Å². The van der Waals surface area contributed by atoms with Crippen LogP contribution in [0.1, 0.15) is 39.2 Å². The lowest BCUT2D eigenvalue weighted by Crippen LogP contribution is -2.41. The SMILES string of the molecule is CCCC(CNC(=O)C(C)(C)Cc1ccccc1)C(=O)O. The molecule has 1 aromatic rings. The molecule has 0 aliphatic heterocycles. The van der Waals surface area contributed by atoms with Gasteiger partial charge in [0.15, 0.2) is 0 Å². The summed E-state index contributed by atoms with van der Waals surface area (Å²) in [5, 5.41) is 11.9. The minimum atomic E-state index is -0.849. The van der Waals surface area contributed by atoms with E-state index in [-0.39, 0.29) is 12.5 Å². The van der Waals surface area contributed by atoms with E-state index in [1.165, 1.54) is 0 Å². The predicted octanol–water partition coefficient (Wildman–Crippen LogP) is 2.87. The number of rotatable bonds is 8. The molecule has 0 aromatic heterocycles. The Morgan fingerprint density at radius 3 is 2.38 bits per heavy atom. The van der Waals surface area contributed by atoms with Crippen molar-refractivity contribution >= 4 is 11.9 Å². The Kier molecular flexibility index (Phi) is 6.40. The molecule has 0 bridgehead atoms. The van der Waals surface area contributed by atoms with Gasteiger partial charge in [-0.1, -0.05) is 57.5 Å². The van der Waals surface area contributed by atoms with Crippen molar-refractivity contribution in [2.24, 2.45) is 11.3 Å². The van der Waals surface area contributed by atoms with Crippen molar-refractivity contribution in [1.29, 1.82) is 0 Å². The Labute approximate surface area is 126 Å². The second kappa shape index (κ2) is 7.81. The van der Waals surface area contributed by atoms with Crippen LogP contribution in [0.4, 0.5) is 0 Å². The fraction of sp³-hybridized carbons (Fsp3) is 0.529. The summed E-state index contributed by atoms with van der Waals surface area (Å²) in [6.45, 7) is 5.90. The van der Waals surface area contributed by atoms with Gasteiger partial charge in [0.25, 0.3) is 0 Å². The standard InChI is InChI=1S/C17H25NO3/c1-4-8-14(15(19)20)12-18-16(21)17(2,3)11-13-9-6-5-7-10-13/h5-7,9-10,14H,4,8,11-12H2,1-3H3,(H,18,21)(H,19,20). The van der Waals surface area contributed by atoms with Gasteiger partial charge in [-0.25, -0.2) is 0 Å². The maximum absolute atomic E-state index is 12.3. The molecular weight excluding hydrogens is 266 g/mol. The summed E-state index contributed by atoms with van der Waals surface area (Å²) in [6.07, 6.45) is 2.00. The Morgan fingerprint density at radius 2 is 1.86 bits per heavy atom. The molecule has 0 saturated heterocycles. The first kappa shape index (κ1) is 17.2. The molecule has 0 heterocycles. The van der Waals surface area contributed by atoms with Crippen molar-refractivity contribution in [2.75, 3.05) is 6.54 Å². The topological polar surface area (TPSA) is 66.4 Å². The molecule has 1 amide bonds. The van der Waals surface area contributed by atoms with Crippen LogP contribution in [-0.2, 0) is 16.0 Å². The number of carboxylic acids is 1. The second-order valence-electron chi connectivity index (χ2n) is 6.08. The molecule has 1 aromatic carbocycles. The first-order valence-corrected chi connectivity index (χ1v) is 7.42. The predicted molar refractivity (Wildman–Crippen MR) is 83.0 cm³/mol. The van der Waals surface area contributed by atoms with Gasteiger partial charge >= 0.3 is 5.97 Å². The van der Waals surface area contributed by atoms with Crippen molar-refractivity contribution in [3.8, 4) is 0 Å². The van der Waals surface area contributed by atoms with E-state index in [9.17, 15) is 9.59 Å². The van der Waals surface area contributed by atoms with Gasteiger partial charge < -0.3 is 10.4 Å². The van der Waals surface area contributed by atoms with E-state index >= 15 is 0 Å². The van der Waals surface area contributed by atoms with E-state index in [1.54, 1.807) is 0 Å². The molecule has 4 heteroatoms. The molecule has 1 rings (SSSR count). The summed E-state index contributed by atoms with van der Waals surface area (Å²) in [4.78, 5) is 23.4. The Balaban J connectivity index is 2.58. The van der Waals surface area contributed by atoms with Crippen molar-refractivity contribution in [3.05, 3.63) is 35.9 Å². The summed E-state index contributed by atoms with van der Waals surface area (Å²) in [7, 11) is 0. The number of carbonyl (C=O) groups is 2. The lowest BCUT2D eigenvalue weighted by molar-refractivity contribution is -0.142. The van der Waals surface area contributed by atoms with E-state index < -0.39 is 17.3 Å². The van der Waals surface area contributed by atoms with Crippen LogP contribution in [0.15, 0.2) is 30.3 Å². The lowest BCUT2D eigenvalue weighted by atomic mass is 9.84. The molecule has 1 unspecified atom stereocenters. The summed E-state index contributed by atoms with van der Waals surface area (Å²) in [5.41, 5.74) is 0.539. The molecule has 2 N–H and O–H groups in total. The van der Waals surface area contributed by atoms with E-state index in [2.05, 4.69) is 5.32 Å². The molecule has 0 aliphatic carbocycles. The van der Waals surface area contributed by atoms with Gasteiger partial charge in [-0.15, -0.1) is 0 Å². The monoisotopic (exact) mass is 291 g/mol. The molecule has 116 valence electrons. The normalized spacial score (nSPS) is 12.7. The largest absolute Gasteiger partial charge is 0.481 e. The number of aliphatic carboxylic acids is 1. The smallest absolute Gasteiger partial charge is 0.308 e. The molecule has 0 aliphatic rings. The molecule has 0 saturated carbocycles. The van der Waals surface area contributed by atoms with Gasteiger partial charge in [0.2, 0.25) is 5.91 Å². The zero-order chi connectivity index (χ0) is 15.9.